The lowest BCUT2D eigenvalue weighted by molar-refractivity contribution is -0.122. The van der Waals surface area contributed by atoms with E-state index in [1.807, 2.05) is 30.3 Å². The van der Waals surface area contributed by atoms with Crippen LogP contribution in [0.5, 0.6) is 0 Å². The van der Waals surface area contributed by atoms with Crippen molar-refractivity contribution in [2.45, 2.75) is 37.8 Å². The lowest BCUT2D eigenvalue weighted by atomic mass is 10.0. The second-order valence-corrected chi connectivity index (χ2v) is 9.71. The molecule has 13 heteroatoms. The van der Waals surface area contributed by atoms with Gasteiger partial charge in [-0.1, -0.05) is 42.1 Å². The van der Waals surface area contributed by atoms with Crippen LogP contribution < -0.4 is 16.0 Å². The van der Waals surface area contributed by atoms with Crippen LogP contribution in [0.4, 0.5) is 13.6 Å². The molecule has 4 amide bonds. The van der Waals surface area contributed by atoms with Crippen LogP contribution >= 0.6 is 11.8 Å². The average Bonchev–Trinajstić information content (AvgIpc) is 3.27. The molecule has 1 aliphatic heterocycles. The molecule has 0 spiro atoms. The summed E-state index contributed by atoms with van der Waals surface area (Å²) in [4.78, 5) is 40.4. The first kappa shape index (κ1) is 29.0. The predicted octanol–water partition coefficient (Wildman–Crippen LogP) is 3.07. The van der Waals surface area contributed by atoms with Crippen LogP contribution in [-0.2, 0) is 19.3 Å². The Hall–Kier alpha value is -3.55. The summed E-state index contributed by atoms with van der Waals surface area (Å²) in [7, 11) is 2.75. The number of urea groups is 1. The molecule has 0 saturated heterocycles. The average molecular weight is 549 g/mol. The summed E-state index contributed by atoms with van der Waals surface area (Å²) in [6, 6.07) is 11.5. The monoisotopic (exact) mass is 548 g/mol. The van der Waals surface area contributed by atoms with Gasteiger partial charge in [-0.15, -0.1) is 0 Å². The summed E-state index contributed by atoms with van der Waals surface area (Å²) < 4.78 is 28.8. The normalized spacial score (nSPS) is 16.8. The van der Waals surface area contributed by atoms with E-state index in [-0.39, 0.29) is 22.4 Å². The van der Waals surface area contributed by atoms with Crippen molar-refractivity contribution in [1.29, 1.82) is 0 Å². The van der Waals surface area contributed by atoms with Crippen molar-refractivity contribution in [2.24, 2.45) is 5.10 Å². The summed E-state index contributed by atoms with van der Waals surface area (Å²) in [5.74, 6) is -1.99. The third kappa shape index (κ3) is 6.85. The molecule has 1 aliphatic rings. The number of carbonyl (C=O) groups is 3. The van der Waals surface area contributed by atoms with Crippen LogP contribution in [0.1, 0.15) is 37.8 Å². The van der Waals surface area contributed by atoms with Crippen LogP contribution in [0.25, 0.3) is 0 Å². The van der Waals surface area contributed by atoms with E-state index in [4.69, 9.17) is 4.84 Å². The van der Waals surface area contributed by atoms with Gasteiger partial charge in [-0.3, -0.25) is 19.7 Å². The number of nitrogens with one attached hydrogen (secondary N) is 3. The van der Waals surface area contributed by atoms with Crippen molar-refractivity contribution >= 4 is 34.7 Å². The van der Waals surface area contributed by atoms with Gasteiger partial charge in [0.15, 0.2) is 6.29 Å². The highest BCUT2D eigenvalue weighted by Crippen LogP contribution is 2.50. The molecule has 2 aromatic rings. The first-order valence-corrected chi connectivity index (χ1v) is 12.6. The minimum absolute atomic E-state index is 0.0693. The lowest BCUT2D eigenvalue weighted by Crippen LogP contribution is -2.56. The van der Waals surface area contributed by atoms with Gasteiger partial charge in [0, 0.05) is 26.5 Å². The summed E-state index contributed by atoms with van der Waals surface area (Å²) in [5.41, 5.74) is 0.638. The van der Waals surface area contributed by atoms with Gasteiger partial charge in [-0.2, -0.15) is 10.1 Å². The van der Waals surface area contributed by atoms with Gasteiger partial charge in [-0.05, 0) is 43.1 Å². The van der Waals surface area contributed by atoms with Crippen molar-refractivity contribution in [3.05, 3.63) is 71.3 Å². The highest BCUT2D eigenvalue weighted by molar-refractivity contribution is 8.15. The Kier molecular flexibility index (Phi) is 9.78. The van der Waals surface area contributed by atoms with E-state index >= 15 is 0 Å². The van der Waals surface area contributed by atoms with Gasteiger partial charge in [0.1, 0.15) is 21.5 Å². The van der Waals surface area contributed by atoms with Crippen molar-refractivity contribution in [3.8, 4) is 0 Å². The maximum atomic E-state index is 14.8. The van der Waals surface area contributed by atoms with E-state index in [0.29, 0.717) is 24.9 Å². The van der Waals surface area contributed by atoms with Crippen LogP contribution in [0.2, 0.25) is 0 Å². The predicted molar refractivity (Wildman–Crippen MR) is 139 cm³/mol. The van der Waals surface area contributed by atoms with Crippen molar-refractivity contribution < 1.29 is 28.0 Å². The Morgan fingerprint density at radius 3 is 2.37 bits per heavy atom. The highest BCUT2D eigenvalue weighted by atomic mass is 32.2. The summed E-state index contributed by atoms with van der Waals surface area (Å²) in [6.45, 7) is 2.98. The molecule has 0 aliphatic carbocycles. The standard InChI is InChI=1S/C25H30F2N6O4S/c1-16(34)29-23(30-17(2)35)28-14-8-13-25(18-9-6-5-7-10-18)33(24(36)32(3)37-4)31-22(38-25)20-15-19(26)11-12-21(20)27/h5-7,9-12,15,23,28H,8,13-14H2,1-4H3,(H,29,34)(H,30,35). The molecule has 3 N–H and O–H groups in total. The molecular formula is C25H30F2N6O4S. The molecule has 204 valence electrons. The second kappa shape index (κ2) is 12.8. The number of rotatable bonds is 10. The summed E-state index contributed by atoms with van der Waals surface area (Å²) >= 11 is 1.13. The first-order valence-electron chi connectivity index (χ1n) is 11.8. The molecule has 1 atom stereocenters. The van der Waals surface area contributed by atoms with Gasteiger partial charge in [0.05, 0.1) is 7.11 Å². The molecule has 3 rings (SSSR count). The Bertz CT molecular complexity index is 1190. The maximum absolute atomic E-state index is 14.8. The highest BCUT2D eigenvalue weighted by Gasteiger charge is 2.49. The van der Waals surface area contributed by atoms with Crippen LogP contribution in [0.3, 0.4) is 0 Å². The molecule has 1 unspecified atom stereocenters. The minimum Gasteiger partial charge on any atom is -0.324 e. The van der Waals surface area contributed by atoms with Crippen molar-refractivity contribution in [1.82, 2.24) is 26.0 Å². The molecular weight excluding hydrogens is 518 g/mol. The summed E-state index contributed by atoms with van der Waals surface area (Å²) in [6.07, 6.45) is -0.0409. The van der Waals surface area contributed by atoms with Crippen LogP contribution in [0, 0.1) is 11.6 Å². The van der Waals surface area contributed by atoms with Gasteiger partial charge in [0.2, 0.25) is 11.8 Å². The van der Waals surface area contributed by atoms with E-state index < -0.39 is 28.8 Å². The molecule has 10 nitrogen and oxygen atoms in total. The molecule has 2 aromatic carbocycles. The Morgan fingerprint density at radius 1 is 1.11 bits per heavy atom. The number of carbonyl (C=O) groups excluding carboxylic acids is 3. The number of benzene rings is 2. The lowest BCUT2D eigenvalue weighted by Gasteiger charge is -2.37. The second-order valence-electron chi connectivity index (χ2n) is 8.45. The van der Waals surface area contributed by atoms with Crippen molar-refractivity contribution in [3.63, 3.8) is 0 Å². The SMILES string of the molecule is CON(C)C(=O)N1N=C(c2cc(F)ccc2F)SC1(CCCNC(NC(C)=O)NC(C)=O)c1ccccc1. The molecule has 0 fully saturated rings. The molecule has 0 bridgehead atoms. The summed E-state index contributed by atoms with van der Waals surface area (Å²) in [5, 5.41) is 15.0. The fourth-order valence-corrected chi connectivity index (χ4v) is 5.29. The van der Waals surface area contributed by atoms with Gasteiger partial charge < -0.3 is 10.6 Å². The number of hydroxylamine groups is 2. The number of nitrogens with zero attached hydrogens (tertiary/aromatic N) is 3. The quantitative estimate of drug-likeness (QED) is 0.239. The third-order valence-electron chi connectivity index (χ3n) is 5.64. The Labute approximate surface area is 223 Å². The Morgan fingerprint density at radius 2 is 1.76 bits per heavy atom. The molecule has 0 aromatic heterocycles. The molecule has 0 saturated carbocycles. The zero-order valence-electron chi connectivity index (χ0n) is 21.5. The Balaban J connectivity index is 1.96. The number of thioether (sulfide) groups is 1. The largest absolute Gasteiger partial charge is 0.365 e. The van der Waals surface area contributed by atoms with E-state index in [2.05, 4.69) is 21.1 Å². The smallest absolute Gasteiger partial charge is 0.324 e. The topological polar surface area (TPSA) is 115 Å². The number of amides is 4. The third-order valence-corrected chi connectivity index (χ3v) is 7.09. The molecule has 0 radical (unpaired) electrons. The maximum Gasteiger partial charge on any atom is 0.365 e. The van der Waals surface area contributed by atoms with Gasteiger partial charge in [-0.25, -0.2) is 18.6 Å². The van der Waals surface area contributed by atoms with Crippen LogP contribution in [-0.4, -0.2) is 60.0 Å². The fourth-order valence-electron chi connectivity index (χ4n) is 3.87. The number of hydrogen-bond acceptors (Lipinski definition) is 7. The molecule has 1 heterocycles. The fraction of sp³-hybridized carbons (Fsp3) is 0.360. The van der Waals surface area contributed by atoms with Crippen molar-refractivity contribution in [2.75, 3.05) is 20.7 Å². The van der Waals surface area contributed by atoms with Gasteiger partial charge >= 0.3 is 6.03 Å². The first-order chi connectivity index (χ1) is 18.1. The van der Waals surface area contributed by atoms with Crippen LogP contribution in [0.15, 0.2) is 53.6 Å². The number of halogens is 2. The van der Waals surface area contributed by atoms with E-state index in [0.717, 1.165) is 35.0 Å². The zero-order chi connectivity index (χ0) is 27.9. The van der Waals surface area contributed by atoms with E-state index in [1.54, 1.807) is 0 Å². The molecule has 38 heavy (non-hydrogen) atoms. The van der Waals surface area contributed by atoms with E-state index in [9.17, 15) is 23.2 Å². The van der Waals surface area contributed by atoms with Gasteiger partial charge in [0.25, 0.3) is 0 Å². The number of hydrazone groups is 1. The number of hydrogen-bond donors (Lipinski definition) is 3. The zero-order valence-corrected chi connectivity index (χ0v) is 22.3. The minimum atomic E-state index is -1.14. The van der Waals surface area contributed by atoms with E-state index in [1.165, 1.54) is 33.0 Å².